The maximum atomic E-state index is 8.73. The van der Waals surface area contributed by atoms with Gasteiger partial charge in [-0.2, -0.15) is 10.4 Å². The molecule has 5 heteroatoms. The van der Waals surface area contributed by atoms with Crippen LogP contribution in [0, 0.1) is 11.3 Å². The van der Waals surface area contributed by atoms with Crippen LogP contribution >= 0.6 is 0 Å². The van der Waals surface area contributed by atoms with Crippen LogP contribution in [0.15, 0.2) is 6.33 Å². The molecule has 88 valence electrons. The third-order valence-corrected chi connectivity index (χ3v) is 2.33. The van der Waals surface area contributed by atoms with Crippen molar-refractivity contribution in [1.29, 1.82) is 5.26 Å². The number of hydrogen-bond acceptors (Lipinski definition) is 4. The quantitative estimate of drug-likeness (QED) is 0.653. The van der Waals surface area contributed by atoms with E-state index in [-0.39, 0.29) is 0 Å². The highest BCUT2D eigenvalue weighted by Gasteiger charge is 2.09. The first kappa shape index (κ1) is 12.7. The van der Waals surface area contributed by atoms with E-state index in [9.17, 15) is 0 Å². The summed E-state index contributed by atoms with van der Waals surface area (Å²) in [5.41, 5.74) is 0. The number of rotatable bonds is 7. The minimum absolute atomic E-state index is 0.451. The molecule has 5 nitrogen and oxygen atoms in total. The molecule has 0 fully saturated rings. The molecular weight excluding hydrogens is 202 g/mol. The second-order valence-electron chi connectivity index (χ2n) is 3.77. The van der Waals surface area contributed by atoms with E-state index in [1.54, 1.807) is 6.33 Å². The Bertz CT molecular complexity index is 338. The fourth-order valence-corrected chi connectivity index (χ4v) is 1.64. The molecule has 16 heavy (non-hydrogen) atoms. The monoisotopic (exact) mass is 221 g/mol. The van der Waals surface area contributed by atoms with Crippen LogP contribution in [0.25, 0.3) is 0 Å². The van der Waals surface area contributed by atoms with Gasteiger partial charge in [-0.15, -0.1) is 0 Å². The minimum atomic E-state index is 0.451. The highest BCUT2D eigenvalue weighted by Crippen LogP contribution is 2.02. The summed E-state index contributed by atoms with van der Waals surface area (Å²) in [4.78, 5) is 6.33. The zero-order valence-corrected chi connectivity index (χ0v) is 10.1. The third kappa shape index (κ3) is 3.63. The Balaban J connectivity index is 2.61. The Kier molecular flexibility index (Phi) is 5.51. The van der Waals surface area contributed by atoms with Crippen LogP contribution in [-0.2, 0) is 13.1 Å². The van der Waals surface area contributed by atoms with E-state index < -0.39 is 0 Å². The fraction of sp³-hybridized carbons (Fsp3) is 0.727. The molecule has 1 aromatic heterocycles. The van der Waals surface area contributed by atoms with Crippen LogP contribution in [0.1, 0.15) is 32.5 Å². The minimum Gasteiger partial charge on any atom is -0.283 e. The molecule has 0 atom stereocenters. The fourth-order valence-electron chi connectivity index (χ4n) is 1.64. The van der Waals surface area contributed by atoms with E-state index in [0.29, 0.717) is 13.1 Å². The number of nitriles is 1. The Hall–Kier alpha value is -1.41. The zero-order valence-electron chi connectivity index (χ0n) is 10.1. The summed E-state index contributed by atoms with van der Waals surface area (Å²) in [5, 5.41) is 12.9. The summed E-state index contributed by atoms with van der Waals surface area (Å²) in [6.45, 7) is 7.20. The van der Waals surface area contributed by atoms with Crippen LogP contribution in [-0.4, -0.2) is 32.8 Å². The van der Waals surface area contributed by atoms with Crippen molar-refractivity contribution >= 4 is 0 Å². The molecule has 0 aliphatic heterocycles. The Labute approximate surface area is 96.7 Å². The van der Waals surface area contributed by atoms with Gasteiger partial charge in [-0.05, 0) is 19.4 Å². The molecule has 0 aromatic carbocycles. The van der Waals surface area contributed by atoms with Crippen molar-refractivity contribution in [3.63, 3.8) is 0 Å². The van der Waals surface area contributed by atoms with E-state index in [1.165, 1.54) is 0 Å². The predicted molar refractivity (Wildman–Crippen MR) is 61.5 cm³/mol. The summed E-state index contributed by atoms with van der Waals surface area (Å²) in [6.07, 6.45) is 3.67. The average Bonchev–Trinajstić information content (AvgIpc) is 2.67. The first-order valence-electron chi connectivity index (χ1n) is 5.77. The number of aromatic nitrogens is 3. The summed E-state index contributed by atoms with van der Waals surface area (Å²) in [5.74, 6) is 0.950. The van der Waals surface area contributed by atoms with E-state index >= 15 is 0 Å². The Morgan fingerprint density at radius 3 is 2.88 bits per heavy atom. The third-order valence-electron chi connectivity index (χ3n) is 2.33. The molecule has 0 unspecified atom stereocenters. The zero-order chi connectivity index (χ0) is 11.8. The molecule has 0 radical (unpaired) electrons. The van der Waals surface area contributed by atoms with Gasteiger partial charge in [-0.1, -0.05) is 13.8 Å². The second-order valence-corrected chi connectivity index (χ2v) is 3.77. The van der Waals surface area contributed by atoms with Gasteiger partial charge >= 0.3 is 0 Å². The van der Waals surface area contributed by atoms with Gasteiger partial charge < -0.3 is 0 Å². The van der Waals surface area contributed by atoms with Gasteiger partial charge in [0.05, 0.1) is 19.2 Å². The van der Waals surface area contributed by atoms with Gasteiger partial charge in [0.1, 0.15) is 12.2 Å². The van der Waals surface area contributed by atoms with Crippen molar-refractivity contribution in [2.24, 2.45) is 0 Å². The molecule has 0 N–H and O–H groups in total. The van der Waals surface area contributed by atoms with Crippen molar-refractivity contribution in [3.8, 4) is 6.07 Å². The van der Waals surface area contributed by atoms with Crippen molar-refractivity contribution in [3.05, 3.63) is 12.2 Å². The molecule has 0 amide bonds. The SMILES string of the molecule is CCCN(CC#N)Cc1ncnn1CCC. The van der Waals surface area contributed by atoms with Gasteiger partial charge in [-0.25, -0.2) is 9.67 Å². The van der Waals surface area contributed by atoms with Gasteiger partial charge in [0, 0.05) is 6.54 Å². The van der Waals surface area contributed by atoms with E-state index in [1.807, 2.05) is 4.68 Å². The molecule has 0 spiro atoms. The molecule has 0 saturated carbocycles. The number of hydrogen-bond donors (Lipinski definition) is 0. The van der Waals surface area contributed by atoms with Crippen molar-refractivity contribution in [2.75, 3.05) is 13.1 Å². The Morgan fingerprint density at radius 1 is 1.44 bits per heavy atom. The molecule has 0 aliphatic carbocycles. The van der Waals surface area contributed by atoms with Gasteiger partial charge in [0.25, 0.3) is 0 Å². The highest BCUT2D eigenvalue weighted by atomic mass is 15.3. The maximum Gasteiger partial charge on any atom is 0.141 e. The molecule has 0 aliphatic rings. The van der Waals surface area contributed by atoms with Crippen LogP contribution in [0.2, 0.25) is 0 Å². The normalized spacial score (nSPS) is 10.6. The number of nitrogens with zero attached hydrogens (tertiary/aromatic N) is 5. The smallest absolute Gasteiger partial charge is 0.141 e. The predicted octanol–water partition coefficient (Wildman–Crippen LogP) is 1.42. The molecule has 1 rings (SSSR count). The van der Waals surface area contributed by atoms with Gasteiger partial charge in [0.15, 0.2) is 0 Å². The summed E-state index contributed by atoms with van der Waals surface area (Å²) in [7, 11) is 0. The van der Waals surface area contributed by atoms with E-state index in [2.05, 4.69) is 34.9 Å². The molecule has 1 heterocycles. The molecule has 0 saturated heterocycles. The van der Waals surface area contributed by atoms with Gasteiger partial charge in [0.2, 0.25) is 0 Å². The summed E-state index contributed by atoms with van der Waals surface area (Å²) < 4.78 is 1.92. The van der Waals surface area contributed by atoms with E-state index in [0.717, 1.165) is 31.8 Å². The lowest BCUT2D eigenvalue weighted by Crippen LogP contribution is -2.26. The number of aryl methyl sites for hydroxylation is 1. The van der Waals surface area contributed by atoms with Crippen LogP contribution < -0.4 is 0 Å². The van der Waals surface area contributed by atoms with Crippen molar-refractivity contribution < 1.29 is 0 Å². The lowest BCUT2D eigenvalue weighted by molar-refractivity contribution is 0.283. The average molecular weight is 221 g/mol. The van der Waals surface area contributed by atoms with Crippen molar-refractivity contribution in [2.45, 2.75) is 39.8 Å². The van der Waals surface area contributed by atoms with Gasteiger partial charge in [-0.3, -0.25) is 4.90 Å². The van der Waals surface area contributed by atoms with Crippen LogP contribution in [0.5, 0.6) is 0 Å². The second kappa shape index (κ2) is 6.96. The lowest BCUT2D eigenvalue weighted by atomic mass is 10.4. The first-order valence-corrected chi connectivity index (χ1v) is 5.77. The standard InChI is InChI=1S/C11H19N5/c1-3-6-15(8-5-12)9-11-13-10-14-16(11)7-4-2/h10H,3-4,6-9H2,1-2H3. The largest absolute Gasteiger partial charge is 0.283 e. The maximum absolute atomic E-state index is 8.73. The van der Waals surface area contributed by atoms with E-state index in [4.69, 9.17) is 5.26 Å². The molecular formula is C11H19N5. The topological polar surface area (TPSA) is 57.7 Å². The first-order chi connectivity index (χ1) is 7.81. The molecule has 0 bridgehead atoms. The molecule has 1 aromatic rings. The Morgan fingerprint density at radius 2 is 2.25 bits per heavy atom. The van der Waals surface area contributed by atoms with Crippen molar-refractivity contribution in [1.82, 2.24) is 19.7 Å². The highest BCUT2D eigenvalue weighted by molar-refractivity contribution is 4.87. The van der Waals surface area contributed by atoms with Crippen LogP contribution in [0.3, 0.4) is 0 Å². The van der Waals surface area contributed by atoms with Crippen LogP contribution in [0.4, 0.5) is 0 Å². The summed E-state index contributed by atoms with van der Waals surface area (Å²) >= 11 is 0. The lowest BCUT2D eigenvalue weighted by Gasteiger charge is -2.17. The summed E-state index contributed by atoms with van der Waals surface area (Å²) in [6, 6.07) is 2.18.